The normalized spacial score (nSPS) is 10.0. The standard InChI is InChI=1S/C12H14N4O/c1-9-12(15-6-5-13-9)16-8-10-3-4-14-11(7-10)17-2/h3-7H,8H2,1-2H3,(H,15,16). The minimum atomic E-state index is 0.611. The number of nitrogens with zero attached hydrogens (tertiary/aromatic N) is 3. The van der Waals surface area contributed by atoms with E-state index in [4.69, 9.17) is 4.74 Å². The lowest BCUT2D eigenvalue weighted by Crippen LogP contribution is -2.04. The van der Waals surface area contributed by atoms with Crippen LogP contribution in [0.2, 0.25) is 0 Å². The number of anilines is 1. The van der Waals surface area contributed by atoms with E-state index in [1.165, 1.54) is 0 Å². The second-order valence-electron chi connectivity index (χ2n) is 3.55. The Morgan fingerprint density at radius 2 is 2.00 bits per heavy atom. The Morgan fingerprint density at radius 1 is 1.18 bits per heavy atom. The summed E-state index contributed by atoms with van der Waals surface area (Å²) in [6.45, 7) is 2.58. The molecule has 0 aromatic carbocycles. The van der Waals surface area contributed by atoms with E-state index in [1.807, 2.05) is 19.1 Å². The van der Waals surface area contributed by atoms with Gasteiger partial charge in [-0.1, -0.05) is 0 Å². The molecule has 0 aliphatic carbocycles. The van der Waals surface area contributed by atoms with Crippen LogP contribution in [0.5, 0.6) is 5.88 Å². The molecule has 0 radical (unpaired) electrons. The van der Waals surface area contributed by atoms with Gasteiger partial charge in [0, 0.05) is 31.2 Å². The van der Waals surface area contributed by atoms with Crippen LogP contribution in [0.3, 0.4) is 0 Å². The summed E-state index contributed by atoms with van der Waals surface area (Å²) in [4.78, 5) is 12.4. The molecule has 0 aliphatic heterocycles. The van der Waals surface area contributed by atoms with Crippen LogP contribution in [0.4, 0.5) is 5.82 Å². The Kier molecular flexibility index (Phi) is 3.49. The topological polar surface area (TPSA) is 59.9 Å². The van der Waals surface area contributed by atoms with Gasteiger partial charge >= 0.3 is 0 Å². The van der Waals surface area contributed by atoms with Crippen LogP contribution in [-0.2, 0) is 6.54 Å². The first-order chi connectivity index (χ1) is 8.29. The van der Waals surface area contributed by atoms with Crippen molar-refractivity contribution in [2.75, 3.05) is 12.4 Å². The highest BCUT2D eigenvalue weighted by Gasteiger charge is 2.00. The Bertz CT molecular complexity index is 501. The van der Waals surface area contributed by atoms with Crippen molar-refractivity contribution in [1.29, 1.82) is 0 Å². The van der Waals surface area contributed by atoms with Crippen LogP contribution >= 0.6 is 0 Å². The number of ether oxygens (including phenoxy) is 1. The summed E-state index contributed by atoms with van der Waals surface area (Å²) < 4.78 is 5.06. The van der Waals surface area contributed by atoms with Crippen LogP contribution in [-0.4, -0.2) is 22.1 Å². The Balaban J connectivity index is 2.05. The summed E-state index contributed by atoms with van der Waals surface area (Å²) in [5, 5.41) is 3.22. The Hall–Kier alpha value is -2.17. The van der Waals surface area contributed by atoms with Crippen LogP contribution in [0, 0.1) is 6.92 Å². The van der Waals surface area contributed by atoms with Crippen molar-refractivity contribution in [1.82, 2.24) is 15.0 Å². The van der Waals surface area contributed by atoms with Crippen molar-refractivity contribution < 1.29 is 4.74 Å². The van der Waals surface area contributed by atoms with Crippen molar-refractivity contribution in [3.8, 4) is 5.88 Å². The molecular weight excluding hydrogens is 216 g/mol. The number of methoxy groups -OCH3 is 1. The minimum absolute atomic E-state index is 0.611. The molecule has 5 heteroatoms. The molecule has 0 aliphatic rings. The fraction of sp³-hybridized carbons (Fsp3) is 0.250. The van der Waals surface area contributed by atoms with Crippen molar-refractivity contribution in [2.24, 2.45) is 0 Å². The van der Waals surface area contributed by atoms with Gasteiger partial charge in [0.15, 0.2) is 0 Å². The number of aromatic nitrogens is 3. The molecule has 0 bridgehead atoms. The Labute approximate surface area is 99.9 Å². The molecule has 0 spiro atoms. The summed E-state index contributed by atoms with van der Waals surface area (Å²) >= 11 is 0. The lowest BCUT2D eigenvalue weighted by Gasteiger charge is -2.07. The summed E-state index contributed by atoms with van der Waals surface area (Å²) in [6, 6.07) is 3.82. The summed E-state index contributed by atoms with van der Waals surface area (Å²) in [6.07, 6.45) is 5.07. The SMILES string of the molecule is COc1cc(CNc2nccnc2C)ccn1. The zero-order valence-electron chi connectivity index (χ0n) is 9.84. The first-order valence-electron chi connectivity index (χ1n) is 5.30. The monoisotopic (exact) mass is 230 g/mol. The second kappa shape index (κ2) is 5.25. The van der Waals surface area contributed by atoms with Crippen LogP contribution < -0.4 is 10.1 Å². The van der Waals surface area contributed by atoms with Crippen LogP contribution in [0.1, 0.15) is 11.3 Å². The molecule has 17 heavy (non-hydrogen) atoms. The number of pyridine rings is 1. The molecule has 2 aromatic rings. The van der Waals surface area contributed by atoms with Gasteiger partial charge in [-0.05, 0) is 18.6 Å². The maximum absolute atomic E-state index is 5.06. The maximum atomic E-state index is 5.06. The smallest absolute Gasteiger partial charge is 0.213 e. The van der Waals surface area contributed by atoms with E-state index in [2.05, 4.69) is 20.3 Å². The average Bonchev–Trinajstić information content (AvgIpc) is 2.38. The Morgan fingerprint density at radius 3 is 2.76 bits per heavy atom. The van der Waals surface area contributed by atoms with E-state index < -0.39 is 0 Å². The molecule has 2 rings (SSSR count). The lowest BCUT2D eigenvalue weighted by atomic mass is 10.2. The first kappa shape index (κ1) is 11.3. The quantitative estimate of drug-likeness (QED) is 0.867. The lowest BCUT2D eigenvalue weighted by molar-refractivity contribution is 0.397. The van der Waals surface area contributed by atoms with Crippen molar-refractivity contribution in [2.45, 2.75) is 13.5 Å². The molecule has 2 aromatic heterocycles. The second-order valence-corrected chi connectivity index (χ2v) is 3.55. The third-order valence-corrected chi connectivity index (χ3v) is 2.35. The molecule has 0 atom stereocenters. The van der Waals surface area contributed by atoms with Crippen molar-refractivity contribution >= 4 is 5.82 Å². The van der Waals surface area contributed by atoms with Crippen LogP contribution in [0.25, 0.3) is 0 Å². The van der Waals surface area contributed by atoms with Gasteiger partial charge in [-0.25, -0.2) is 9.97 Å². The van der Waals surface area contributed by atoms with Crippen LogP contribution in [0.15, 0.2) is 30.7 Å². The maximum Gasteiger partial charge on any atom is 0.213 e. The minimum Gasteiger partial charge on any atom is -0.481 e. The van der Waals surface area contributed by atoms with Gasteiger partial charge in [-0.3, -0.25) is 4.98 Å². The zero-order valence-corrected chi connectivity index (χ0v) is 9.84. The summed E-state index contributed by atoms with van der Waals surface area (Å²) in [7, 11) is 1.60. The van der Waals surface area contributed by atoms with E-state index in [0.717, 1.165) is 17.1 Å². The summed E-state index contributed by atoms with van der Waals surface area (Å²) in [5.74, 6) is 1.41. The summed E-state index contributed by atoms with van der Waals surface area (Å²) in [5.41, 5.74) is 1.97. The third kappa shape index (κ3) is 2.90. The average molecular weight is 230 g/mol. The zero-order chi connectivity index (χ0) is 12.1. The van der Waals surface area contributed by atoms with Gasteiger partial charge in [0.2, 0.25) is 5.88 Å². The van der Waals surface area contributed by atoms with E-state index in [-0.39, 0.29) is 0 Å². The number of nitrogens with one attached hydrogen (secondary N) is 1. The van der Waals surface area contributed by atoms with Gasteiger partial charge in [-0.15, -0.1) is 0 Å². The van der Waals surface area contributed by atoms with Crippen molar-refractivity contribution in [3.63, 3.8) is 0 Å². The largest absolute Gasteiger partial charge is 0.481 e. The van der Waals surface area contributed by atoms with Gasteiger partial charge in [0.05, 0.1) is 12.8 Å². The predicted octanol–water partition coefficient (Wildman–Crippen LogP) is 1.80. The molecular formula is C12H14N4O. The number of rotatable bonds is 4. The molecule has 0 saturated carbocycles. The van der Waals surface area contributed by atoms with Gasteiger partial charge in [-0.2, -0.15) is 0 Å². The fourth-order valence-corrected chi connectivity index (χ4v) is 1.44. The highest BCUT2D eigenvalue weighted by molar-refractivity contribution is 5.39. The molecule has 2 heterocycles. The van der Waals surface area contributed by atoms with Gasteiger partial charge in [0.1, 0.15) is 5.82 Å². The highest BCUT2D eigenvalue weighted by atomic mass is 16.5. The molecule has 88 valence electrons. The van der Waals surface area contributed by atoms with Crippen molar-refractivity contribution in [3.05, 3.63) is 42.0 Å². The molecule has 0 saturated heterocycles. The number of aryl methyl sites for hydroxylation is 1. The molecule has 5 nitrogen and oxygen atoms in total. The van der Waals surface area contributed by atoms with E-state index in [1.54, 1.807) is 25.7 Å². The molecule has 0 fully saturated rings. The van der Waals surface area contributed by atoms with E-state index in [9.17, 15) is 0 Å². The predicted molar refractivity (Wildman–Crippen MR) is 64.9 cm³/mol. The first-order valence-corrected chi connectivity index (χ1v) is 5.30. The molecule has 0 unspecified atom stereocenters. The number of hydrogen-bond donors (Lipinski definition) is 1. The van der Waals surface area contributed by atoms with Gasteiger partial charge in [0.25, 0.3) is 0 Å². The highest BCUT2D eigenvalue weighted by Crippen LogP contribution is 2.12. The van der Waals surface area contributed by atoms with E-state index in [0.29, 0.717) is 12.4 Å². The number of hydrogen-bond acceptors (Lipinski definition) is 5. The van der Waals surface area contributed by atoms with Gasteiger partial charge < -0.3 is 10.1 Å². The van der Waals surface area contributed by atoms with E-state index >= 15 is 0 Å². The third-order valence-electron chi connectivity index (χ3n) is 2.35. The molecule has 0 amide bonds. The molecule has 1 N–H and O–H groups in total. The fourth-order valence-electron chi connectivity index (χ4n) is 1.44.